The molecule has 0 spiro atoms. The summed E-state index contributed by atoms with van der Waals surface area (Å²) in [5.74, 6) is 0. The summed E-state index contributed by atoms with van der Waals surface area (Å²) in [5.41, 5.74) is 3.72. The fourth-order valence-corrected chi connectivity index (χ4v) is 1.98. The van der Waals surface area contributed by atoms with Crippen LogP contribution >= 0.6 is 15.9 Å². The Kier molecular flexibility index (Phi) is 4.79. The maximum absolute atomic E-state index is 10.8. The van der Waals surface area contributed by atoms with Gasteiger partial charge in [0.1, 0.15) is 0 Å². The molecule has 0 fully saturated rings. The molecule has 0 aliphatic heterocycles. The Balaban J connectivity index is 2.08. The van der Waals surface area contributed by atoms with E-state index in [2.05, 4.69) is 26.5 Å². The minimum atomic E-state index is -0.495. The van der Waals surface area contributed by atoms with E-state index >= 15 is 0 Å². The lowest BCUT2D eigenvalue weighted by Gasteiger charge is -2.00. The molecule has 0 aromatic heterocycles. The first-order chi connectivity index (χ1) is 10.5. The maximum Gasteiger partial charge on any atom is 0.284 e. The van der Waals surface area contributed by atoms with E-state index in [1.807, 2.05) is 0 Å². The van der Waals surface area contributed by atoms with Gasteiger partial charge in [-0.25, -0.2) is 0 Å². The summed E-state index contributed by atoms with van der Waals surface area (Å²) < 4.78 is 0.387. The van der Waals surface area contributed by atoms with Crippen LogP contribution in [0.15, 0.2) is 52.0 Å². The Morgan fingerprint density at radius 3 is 2.32 bits per heavy atom. The third-order valence-electron chi connectivity index (χ3n) is 2.65. The van der Waals surface area contributed by atoms with Gasteiger partial charge in [-0.3, -0.25) is 25.7 Å². The quantitative estimate of drug-likeness (QED) is 0.493. The van der Waals surface area contributed by atoms with E-state index in [4.69, 9.17) is 0 Å². The van der Waals surface area contributed by atoms with Crippen LogP contribution in [-0.2, 0) is 0 Å². The Hall–Kier alpha value is -2.81. The highest BCUT2D eigenvalue weighted by atomic mass is 79.9. The minimum absolute atomic E-state index is 0.0157. The largest absolute Gasteiger partial charge is 0.284 e. The van der Waals surface area contributed by atoms with Crippen LogP contribution in [0.5, 0.6) is 0 Å². The van der Waals surface area contributed by atoms with E-state index in [-0.39, 0.29) is 11.4 Å². The van der Waals surface area contributed by atoms with Crippen LogP contribution < -0.4 is 5.43 Å². The molecule has 0 saturated carbocycles. The first-order valence-electron chi connectivity index (χ1n) is 5.95. The summed E-state index contributed by atoms with van der Waals surface area (Å²) in [4.78, 5) is 20.4. The summed E-state index contributed by atoms with van der Waals surface area (Å²) in [6.45, 7) is 0. The van der Waals surface area contributed by atoms with Crippen molar-refractivity contribution in [2.24, 2.45) is 5.10 Å². The molecule has 0 aliphatic rings. The Labute approximate surface area is 132 Å². The summed E-state index contributed by atoms with van der Waals surface area (Å²) in [6, 6.07) is 10.3. The standard InChI is InChI=1S/C13H9BrN4O4/c14-12-6-1-9(7-13(12)18(21)22)8-15-16-10-2-4-11(5-3-10)17(19)20/h1-8,16H/b15-8+. The van der Waals surface area contributed by atoms with E-state index < -0.39 is 9.85 Å². The molecule has 0 amide bonds. The van der Waals surface area contributed by atoms with E-state index in [1.165, 1.54) is 36.5 Å². The molecule has 2 rings (SSSR count). The second kappa shape index (κ2) is 6.76. The normalized spacial score (nSPS) is 10.6. The SMILES string of the molecule is O=[N+]([O-])c1ccc(N/N=C/c2ccc(Br)c([N+](=O)[O-])c2)cc1. The zero-order chi connectivity index (χ0) is 16.1. The highest BCUT2D eigenvalue weighted by Crippen LogP contribution is 2.25. The van der Waals surface area contributed by atoms with Crippen molar-refractivity contribution in [2.75, 3.05) is 5.43 Å². The first-order valence-corrected chi connectivity index (χ1v) is 6.74. The average molecular weight is 365 g/mol. The topological polar surface area (TPSA) is 111 Å². The number of hydrazone groups is 1. The van der Waals surface area contributed by atoms with Crippen LogP contribution in [0.3, 0.4) is 0 Å². The molecule has 22 heavy (non-hydrogen) atoms. The molecule has 2 aromatic carbocycles. The smallest absolute Gasteiger partial charge is 0.278 e. The molecule has 0 atom stereocenters. The van der Waals surface area contributed by atoms with Gasteiger partial charge in [-0.2, -0.15) is 5.10 Å². The highest BCUT2D eigenvalue weighted by Gasteiger charge is 2.11. The van der Waals surface area contributed by atoms with Crippen LogP contribution in [0, 0.1) is 20.2 Å². The Bertz CT molecular complexity index is 746. The summed E-state index contributed by atoms with van der Waals surface area (Å²) >= 11 is 3.10. The number of anilines is 1. The number of hydrogen-bond donors (Lipinski definition) is 1. The van der Waals surface area contributed by atoms with Crippen molar-refractivity contribution in [1.82, 2.24) is 0 Å². The number of nitrogens with zero attached hydrogens (tertiary/aromatic N) is 3. The van der Waals surface area contributed by atoms with Crippen molar-refractivity contribution in [2.45, 2.75) is 0 Å². The molecule has 0 bridgehead atoms. The molecular weight excluding hydrogens is 356 g/mol. The summed E-state index contributed by atoms with van der Waals surface area (Å²) in [6.07, 6.45) is 1.42. The second-order valence-electron chi connectivity index (χ2n) is 4.14. The molecule has 9 heteroatoms. The van der Waals surface area contributed by atoms with Gasteiger partial charge in [0.2, 0.25) is 0 Å². The first kappa shape index (κ1) is 15.6. The Morgan fingerprint density at radius 2 is 1.73 bits per heavy atom. The van der Waals surface area contributed by atoms with Gasteiger partial charge in [0.25, 0.3) is 11.4 Å². The Morgan fingerprint density at radius 1 is 1.05 bits per heavy atom. The molecule has 0 aliphatic carbocycles. The number of benzene rings is 2. The van der Waals surface area contributed by atoms with Gasteiger partial charge in [0, 0.05) is 23.8 Å². The number of nitrogens with one attached hydrogen (secondary N) is 1. The van der Waals surface area contributed by atoms with Crippen molar-refractivity contribution < 1.29 is 9.85 Å². The number of hydrogen-bond acceptors (Lipinski definition) is 6. The highest BCUT2D eigenvalue weighted by molar-refractivity contribution is 9.10. The van der Waals surface area contributed by atoms with Crippen LogP contribution in [0.4, 0.5) is 17.1 Å². The summed E-state index contributed by atoms with van der Waals surface area (Å²) in [5, 5.41) is 25.3. The van der Waals surface area contributed by atoms with Gasteiger partial charge in [-0.1, -0.05) is 6.07 Å². The van der Waals surface area contributed by atoms with E-state index in [0.29, 0.717) is 15.7 Å². The van der Waals surface area contributed by atoms with Crippen molar-refractivity contribution in [1.29, 1.82) is 0 Å². The number of halogens is 1. The molecule has 0 saturated heterocycles. The van der Waals surface area contributed by atoms with Crippen molar-refractivity contribution in [3.63, 3.8) is 0 Å². The third-order valence-corrected chi connectivity index (χ3v) is 3.32. The summed E-state index contributed by atoms with van der Waals surface area (Å²) in [7, 11) is 0. The lowest BCUT2D eigenvalue weighted by atomic mass is 10.2. The van der Waals surface area contributed by atoms with Crippen LogP contribution in [-0.4, -0.2) is 16.1 Å². The van der Waals surface area contributed by atoms with Gasteiger partial charge in [-0.05, 0) is 34.1 Å². The number of nitro benzene ring substituents is 2. The third kappa shape index (κ3) is 3.85. The predicted molar refractivity (Wildman–Crippen MR) is 85.1 cm³/mol. The van der Waals surface area contributed by atoms with Crippen molar-refractivity contribution >= 4 is 39.2 Å². The lowest BCUT2D eigenvalue weighted by Crippen LogP contribution is -1.94. The molecular formula is C13H9BrN4O4. The number of nitro groups is 2. The zero-order valence-electron chi connectivity index (χ0n) is 11.0. The van der Waals surface area contributed by atoms with Crippen molar-refractivity contribution in [3.05, 3.63) is 72.7 Å². The fraction of sp³-hybridized carbons (Fsp3) is 0. The van der Waals surface area contributed by atoms with Gasteiger partial charge >= 0.3 is 0 Å². The minimum Gasteiger partial charge on any atom is -0.278 e. The van der Waals surface area contributed by atoms with Gasteiger partial charge in [0.05, 0.1) is 26.2 Å². The van der Waals surface area contributed by atoms with Gasteiger partial charge in [0.15, 0.2) is 0 Å². The van der Waals surface area contributed by atoms with E-state index in [9.17, 15) is 20.2 Å². The number of rotatable bonds is 5. The average Bonchev–Trinajstić information content (AvgIpc) is 2.49. The predicted octanol–water partition coefficient (Wildman–Crippen LogP) is 3.71. The molecule has 0 radical (unpaired) electrons. The second-order valence-corrected chi connectivity index (χ2v) is 5.00. The molecule has 112 valence electrons. The fourth-order valence-electron chi connectivity index (χ4n) is 1.59. The van der Waals surface area contributed by atoms with Crippen LogP contribution in [0.1, 0.15) is 5.56 Å². The molecule has 8 nitrogen and oxygen atoms in total. The van der Waals surface area contributed by atoms with E-state index in [1.54, 1.807) is 12.1 Å². The van der Waals surface area contributed by atoms with Gasteiger partial charge < -0.3 is 0 Å². The van der Waals surface area contributed by atoms with Crippen LogP contribution in [0.2, 0.25) is 0 Å². The number of non-ortho nitro benzene ring substituents is 1. The molecule has 0 unspecified atom stereocenters. The lowest BCUT2D eigenvalue weighted by molar-refractivity contribution is -0.385. The maximum atomic E-state index is 10.8. The zero-order valence-corrected chi connectivity index (χ0v) is 12.6. The molecule has 2 aromatic rings. The van der Waals surface area contributed by atoms with Crippen LogP contribution in [0.25, 0.3) is 0 Å². The monoisotopic (exact) mass is 364 g/mol. The van der Waals surface area contributed by atoms with Gasteiger partial charge in [-0.15, -0.1) is 0 Å². The van der Waals surface area contributed by atoms with E-state index in [0.717, 1.165) is 0 Å². The van der Waals surface area contributed by atoms with Crippen molar-refractivity contribution in [3.8, 4) is 0 Å². The molecule has 0 heterocycles. The molecule has 1 N–H and O–H groups in total.